The molecule has 148 valence electrons. The molecule has 1 aliphatic rings. The average Bonchev–Trinajstić information content (AvgIpc) is 3.03. The van der Waals surface area contributed by atoms with E-state index in [1.165, 1.54) is 24.3 Å². The SMILES string of the molecule is O=C(O)c1cccc(CNC(=O)c2ccc(N3C(=O)c4ccccc4C3=O)cc2)c1. The first kappa shape index (κ1) is 19.1. The first-order valence-corrected chi connectivity index (χ1v) is 9.14. The zero-order valence-corrected chi connectivity index (χ0v) is 15.7. The quantitative estimate of drug-likeness (QED) is 0.641. The smallest absolute Gasteiger partial charge is 0.335 e. The van der Waals surface area contributed by atoms with E-state index in [9.17, 15) is 19.2 Å². The minimum Gasteiger partial charge on any atom is -0.478 e. The van der Waals surface area contributed by atoms with Crippen LogP contribution in [0.4, 0.5) is 5.69 Å². The van der Waals surface area contributed by atoms with Crippen molar-refractivity contribution in [3.63, 3.8) is 0 Å². The molecule has 0 fully saturated rings. The van der Waals surface area contributed by atoms with Crippen molar-refractivity contribution in [3.05, 3.63) is 101 Å². The Labute approximate surface area is 171 Å². The molecular weight excluding hydrogens is 384 g/mol. The van der Waals surface area contributed by atoms with Crippen molar-refractivity contribution in [2.45, 2.75) is 6.54 Å². The van der Waals surface area contributed by atoms with Crippen LogP contribution in [0.3, 0.4) is 0 Å². The van der Waals surface area contributed by atoms with Gasteiger partial charge in [-0.2, -0.15) is 0 Å². The number of hydrogen-bond donors (Lipinski definition) is 2. The second-order valence-electron chi connectivity index (χ2n) is 6.73. The van der Waals surface area contributed by atoms with Crippen LogP contribution in [-0.4, -0.2) is 28.8 Å². The van der Waals surface area contributed by atoms with Crippen molar-refractivity contribution < 1.29 is 24.3 Å². The van der Waals surface area contributed by atoms with Gasteiger partial charge >= 0.3 is 5.97 Å². The summed E-state index contributed by atoms with van der Waals surface area (Å²) in [7, 11) is 0. The summed E-state index contributed by atoms with van der Waals surface area (Å²) in [4.78, 5) is 49.6. The topological polar surface area (TPSA) is 104 Å². The second-order valence-corrected chi connectivity index (χ2v) is 6.73. The highest BCUT2D eigenvalue weighted by molar-refractivity contribution is 6.34. The molecular formula is C23H16N2O5. The Morgan fingerprint density at radius 1 is 0.800 bits per heavy atom. The van der Waals surface area contributed by atoms with Gasteiger partial charge in [-0.15, -0.1) is 0 Å². The Hall–Kier alpha value is -4.26. The van der Waals surface area contributed by atoms with Gasteiger partial charge in [-0.1, -0.05) is 24.3 Å². The summed E-state index contributed by atoms with van der Waals surface area (Å²) in [6.45, 7) is 0.167. The maximum absolute atomic E-state index is 12.5. The Morgan fingerprint density at radius 2 is 1.43 bits per heavy atom. The van der Waals surface area contributed by atoms with Crippen LogP contribution in [0.15, 0.2) is 72.8 Å². The molecule has 7 heteroatoms. The summed E-state index contributed by atoms with van der Waals surface area (Å²) >= 11 is 0. The predicted molar refractivity (Wildman–Crippen MR) is 109 cm³/mol. The fourth-order valence-electron chi connectivity index (χ4n) is 3.28. The van der Waals surface area contributed by atoms with E-state index in [4.69, 9.17) is 5.11 Å². The van der Waals surface area contributed by atoms with Gasteiger partial charge < -0.3 is 10.4 Å². The van der Waals surface area contributed by atoms with E-state index >= 15 is 0 Å². The number of anilines is 1. The third-order valence-electron chi connectivity index (χ3n) is 4.81. The molecule has 0 unspecified atom stereocenters. The molecule has 0 bridgehead atoms. The molecule has 30 heavy (non-hydrogen) atoms. The fourth-order valence-corrected chi connectivity index (χ4v) is 3.28. The number of hydrogen-bond acceptors (Lipinski definition) is 4. The lowest BCUT2D eigenvalue weighted by Crippen LogP contribution is -2.29. The number of carboxylic acids is 1. The van der Waals surface area contributed by atoms with Crippen molar-refractivity contribution in [1.82, 2.24) is 5.32 Å². The lowest BCUT2D eigenvalue weighted by molar-refractivity contribution is 0.0696. The van der Waals surface area contributed by atoms with Gasteiger partial charge in [0.2, 0.25) is 0 Å². The van der Waals surface area contributed by atoms with Crippen molar-refractivity contribution in [1.29, 1.82) is 0 Å². The average molecular weight is 400 g/mol. The molecule has 0 saturated heterocycles. The number of amides is 3. The van der Waals surface area contributed by atoms with Crippen molar-refractivity contribution >= 4 is 29.4 Å². The number of carbonyl (C=O) groups is 4. The van der Waals surface area contributed by atoms with Gasteiger partial charge in [-0.05, 0) is 54.1 Å². The number of imide groups is 1. The van der Waals surface area contributed by atoms with Gasteiger partial charge in [0.25, 0.3) is 17.7 Å². The molecule has 3 aromatic carbocycles. The van der Waals surface area contributed by atoms with Gasteiger partial charge in [-0.3, -0.25) is 14.4 Å². The number of carboxylic acid groups (broad SMARTS) is 1. The highest BCUT2D eigenvalue weighted by Crippen LogP contribution is 2.28. The van der Waals surface area contributed by atoms with Crippen LogP contribution in [0.25, 0.3) is 0 Å². The van der Waals surface area contributed by atoms with E-state index in [1.54, 1.807) is 48.5 Å². The summed E-state index contributed by atoms with van der Waals surface area (Å²) in [5, 5.41) is 11.8. The molecule has 0 spiro atoms. The highest BCUT2D eigenvalue weighted by atomic mass is 16.4. The van der Waals surface area contributed by atoms with Crippen molar-refractivity contribution in [2.24, 2.45) is 0 Å². The largest absolute Gasteiger partial charge is 0.478 e. The van der Waals surface area contributed by atoms with Gasteiger partial charge in [-0.25, -0.2) is 9.69 Å². The minimum absolute atomic E-state index is 0.145. The predicted octanol–water partition coefficient (Wildman–Crippen LogP) is 3.12. The van der Waals surface area contributed by atoms with Gasteiger partial charge in [0.15, 0.2) is 0 Å². The Kier molecular flexibility index (Phi) is 4.85. The molecule has 0 saturated carbocycles. The maximum atomic E-state index is 12.5. The molecule has 4 rings (SSSR count). The lowest BCUT2D eigenvalue weighted by atomic mass is 10.1. The van der Waals surface area contributed by atoms with Crippen LogP contribution in [0, 0.1) is 0 Å². The Balaban J connectivity index is 1.46. The second kappa shape index (κ2) is 7.63. The number of nitrogens with one attached hydrogen (secondary N) is 1. The van der Waals surface area contributed by atoms with E-state index in [-0.39, 0.29) is 18.0 Å². The number of carbonyl (C=O) groups excluding carboxylic acids is 3. The zero-order valence-electron chi connectivity index (χ0n) is 15.7. The van der Waals surface area contributed by atoms with E-state index in [0.717, 1.165) is 4.90 Å². The minimum atomic E-state index is -1.04. The molecule has 1 heterocycles. The summed E-state index contributed by atoms with van der Waals surface area (Å²) in [6.07, 6.45) is 0. The molecule has 3 amide bonds. The highest BCUT2D eigenvalue weighted by Gasteiger charge is 2.36. The first-order chi connectivity index (χ1) is 14.5. The Morgan fingerprint density at radius 3 is 2.03 bits per heavy atom. The Bertz CT molecular complexity index is 1150. The normalized spacial score (nSPS) is 12.6. The number of benzene rings is 3. The monoisotopic (exact) mass is 400 g/mol. The van der Waals surface area contributed by atoms with Gasteiger partial charge in [0.1, 0.15) is 0 Å². The molecule has 3 aromatic rings. The van der Waals surface area contributed by atoms with E-state index in [1.807, 2.05) is 0 Å². The standard InChI is InChI=1S/C23H16N2O5/c26-20(24-13-14-4-3-5-16(12-14)23(29)30)15-8-10-17(11-9-15)25-21(27)18-6-1-2-7-19(18)22(25)28/h1-12H,13H2,(H,24,26)(H,29,30). The number of rotatable bonds is 5. The van der Waals surface area contributed by atoms with Crippen molar-refractivity contribution in [2.75, 3.05) is 4.90 Å². The summed E-state index contributed by atoms with van der Waals surface area (Å²) < 4.78 is 0. The third-order valence-corrected chi connectivity index (χ3v) is 4.81. The van der Waals surface area contributed by atoms with Crippen LogP contribution < -0.4 is 10.2 Å². The molecule has 0 aliphatic carbocycles. The zero-order chi connectivity index (χ0) is 21.3. The third kappa shape index (κ3) is 3.44. The molecule has 7 nitrogen and oxygen atoms in total. The van der Waals surface area contributed by atoms with Gasteiger partial charge in [0.05, 0.1) is 22.4 Å². The van der Waals surface area contributed by atoms with Crippen LogP contribution >= 0.6 is 0 Å². The summed E-state index contributed by atoms with van der Waals surface area (Å²) in [6, 6.07) is 19.1. The molecule has 0 aromatic heterocycles. The molecule has 2 N–H and O–H groups in total. The van der Waals surface area contributed by atoms with Crippen molar-refractivity contribution in [3.8, 4) is 0 Å². The molecule has 0 radical (unpaired) electrons. The number of fused-ring (bicyclic) bond motifs is 1. The van der Waals surface area contributed by atoms with Gasteiger partial charge in [0, 0.05) is 12.1 Å². The van der Waals surface area contributed by atoms with Crippen LogP contribution in [0.1, 0.15) is 47.0 Å². The van der Waals surface area contributed by atoms with Crippen LogP contribution in [0.2, 0.25) is 0 Å². The lowest BCUT2D eigenvalue weighted by Gasteiger charge is -2.14. The fraction of sp³-hybridized carbons (Fsp3) is 0.0435. The van der Waals surface area contributed by atoms with Crippen LogP contribution in [0.5, 0.6) is 0 Å². The summed E-state index contributed by atoms with van der Waals surface area (Å²) in [5.74, 6) is -2.19. The van der Waals surface area contributed by atoms with E-state index in [0.29, 0.717) is 27.9 Å². The van der Waals surface area contributed by atoms with E-state index in [2.05, 4.69) is 5.32 Å². The molecule has 0 atom stereocenters. The van der Waals surface area contributed by atoms with Crippen LogP contribution in [-0.2, 0) is 6.54 Å². The number of aromatic carboxylic acids is 1. The first-order valence-electron chi connectivity index (χ1n) is 9.14. The maximum Gasteiger partial charge on any atom is 0.335 e. The van der Waals surface area contributed by atoms with E-state index < -0.39 is 17.8 Å². The summed E-state index contributed by atoms with van der Waals surface area (Å²) in [5.41, 5.74) is 2.25. The number of nitrogens with zero attached hydrogens (tertiary/aromatic N) is 1. The molecule has 1 aliphatic heterocycles.